The summed E-state index contributed by atoms with van der Waals surface area (Å²) in [5, 5.41) is 3.80. The number of thioether (sulfide) groups is 1. The molecule has 1 saturated carbocycles. The number of rotatable bonds is 4. The average molecular weight is 303 g/mol. The number of Topliss-reactive ketones (excluding diaryl/α,β-unsaturated/α-hetero) is 1. The standard InChI is InChI=1S/C15H13NO4S/c1-21-11-5-4-9(14-15(11)19-7-18-14)13-10(6-16-20-13)12(17)8-2-3-8/h4-6,8H,2-3,7H2,1H3. The van der Waals surface area contributed by atoms with Crippen LogP contribution in [0.1, 0.15) is 23.2 Å². The first-order valence-corrected chi connectivity index (χ1v) is 7.98. The van der Waals surface area contributed by atoms with E-state index < -0.39 is 0 Å². The normalized spacial score (nSPS) is 16.2. The van der Waals surface area contributed by atoms with Crippen LogP contribution in [-0.4, -0.2) is 24.0 Å². The number of ketones is 1. The smallest absolute Gasteiger partial charge is 0.231 e. The minimum Gasteiger partial charge on any atom is -0.453 e. The Kier molecular flexibility index (Phi) is 2.92. The summed E-state index contributed by atoms with van der Waals surface area (Å²) < 4.78 is 16.4. The van der Waals surface area contributed by atoms with E-state index in [0.29, 0.717) is 22.8 Å². The van der Waals surface area contributed by atoms with Gasteiger partial charge in [0.25, 0.3) is 0 Å². The zero-order valence-electron chi connectivity index (χ0n) is 11.4. The van der Waals surface area contributed by atoms with Crippen molar-refractivity contribution in [1.82, 2.24) is 5.16 Å². The molecule has 1 aromatic carbocycles. The molecule has 0 radical (unpaired) electrons. The van der Waals surface area contributed by atoms with Gasteiger partial charge in [0.1, 0.15) is 0 Å². The molecule has 0 bridgehead atoms. The molecule has 108 valence electrons. The molecule has 4 rings (SSSR count). The molecule has 5 nitrogen and oxygen atoms in total. The summed E-state index contributed by atoms with van der Waals surface area (Å²) in [6.45, 7) is 0.181. The molecule has 1 aromatic heterocycles. The van der Waals surface area contributed by atoms with Gasteiger partial charge in [-0.15, -0.1) is 11.8 Å². The summed E-state index contributed by atoms with van der Waals surface area (Å²) in [6.07, 6.45) is 5.38. The van der Waals surface area contributed by atoms with Crippen LogP contribution in [0.15, 0.2) is 27.7 Å². The van der Waals surface area contributed by atoms with Crippen molar-refractivity contribution in [3.05, 3.63) is 23.9 Å². The lowest BCUT2D eigenvalue weighted by Gasteiger charge is -2.07. The van der Waals surface area contributed by atoms with Crippen LogP contribution in [0.25, 0.3) is 11.3 Å². The lowest BCUT2D eigenvalue weighted by atomic mass is 10.0. The Hall–Kier alpha value is -1.95. The summed E-state index contributed by atoms with van der Waals surface area (Å²) in [7, 11) is 0. The monoisotopic (exact) mass is 303 g/mol. The quantitative estimate of drug-likeness (QED) is 0.637. The maximum absolute atomic E-state index is 12.3. The van der Waals surface area contributed by atoms with Crippen molar-refractivity contribution in [1.29, 1.82) is 0 Å². The fraction of sp³-hybridized carbons (Fsp3) is 0.333. The van der Waals surface area contributed by atoms with Gasteiger partial charge in [0.15, 0.2) is 23.0 Å². The first-order chi connectivity index (χ1) is 10.3. The SMILES string of the molecule is CSc1ccc(-c2oncc2C(=O)C2CC2)c2c1OCO2. The van der Waals surface area contributed by atoms with Gasteiger partial charge in [-0.25, -0.2) is 0 Å². The number of aromatic nitrogens is 1. The number of ether oxygens (including phenoxy) is 2. The first kappa shape index (κ1) is 12.8. The van der Waals surface area contributed by atoms with Crippen molar-refractivity contribution in [2.75, 3.05) is 13.0 Å². The number of carbonyl (C=O) groups is 1. The Labute approximate surface area is 125 Å². The Morgan fingerprint density at radius 3 is 2.86 bits per heavy atom. The first-order valence-electron chi connectivity index (χ1n) is 6.75. The molecule has 0 spiro atoms. The molecule has 6 heteroatoms. The Morgan fingerprint density at radius 2 is 2.10 bits per heavy atom. The molecule has 0 N–H and O–H groups in total. The van der Waals surface area contributed by atoms with Crippen LogP contribution in [0.4, 0.5) is 0 Å². The molecule has 1 aliphatic heterocycles. The largest absolute Gasteiger partial charge is 0.453 e. The Balaban J connectivity index is 1.83. The van der Waals surface area contributed by atoms with Crippen LogP contribution in [-0.2, 0) is 0 Å². The van der Waals surface area contributed by atoms with Crippen molar-refractivity contribution in [2.24, 2.45) is 5.92 Å². The van der Waals surface area contributed by atoms with Crippen LogP contribution >= 0.6 is 11.8 Å². The fourth-order valence-electron chi connectivity index (χ4n) is 2.49. The summed E-state index contributed by atoms with van der Waals surface area (Å²) in [5.74, 6) is 2.04. The number of nitrogens with zero attached hydrogens (tertiary/aromatic N) is 1. The second-order valence-electron chi connectivity index (χ2n) is 5.09. The summed E-state index contributed by atoms with van der Waals surface area (Å²) in [5.41, 5.74) is 1.26. The zero-order valence-corrected chi connectivity index (χ0v) is 12.2. The van der Waals surface area contributed by atoms with E-state index in [1.807, 2.05) is 18.4 Å². The Bertz CT molecular complexity index is 720. The molecule has 2 aromatic rings. The van der Waals surface area contributed by atoms with Crippen LogP contribution in [0.5, 0.6) is 11.5 Å². The molecule has 2 aliphatic rings. The van der Waals surface area contributed by atoms with Gasteiger partial charge < -0.3 is 14.0 Å². The van der Waals surface area contributed by atoms with Crippen molar-refractivity contribution in [2.45, 2.75) is 17.7 Å². The van der Waals surface area contributed by atoms with Crippen molar-refractivity contribution >= 4 is 17.5 Å². The number of fused-ring (bicyclic) bond motifs is 1. The third-order valence-corrected chi connectivity index (χ3v) is 4.49. The molecular formula is C15H13NO4S. The summed E-state index contributed by atoms with van der Waals surface area (Å²) in [4.78, 5) is 13.3. The molecule has 0 atom stereocenters. The zero-order chi connectivity index (χ0) is 14.4. The van der Waals surface area contributed by atoms with Gasteiger partial charge in [0.05, 0.1) is 22.2 Å². The van der Waals surface area contributed by atoms with E-state index in [4.69, 9.17) is 14.0 Å². The van der Waals surface area contributed by atoms with Gasteiger partial charge in [0.2, 0.25) is 6.79 Å². The molecule has 2 heterocycles. The highest BCUT2D eigenvalue weighted by atomic mass is 32.2. The van der Waals surface area contributed by atoms with E-state index in [1.165, 1.54) is 6.20 Å². The Morgan fingerprint density at radius 1 is 1.29 bits per heavy atom. The minimum absolute atomic E-state index is 0.104. The third kappa shape index (κ3) is 2.01. The molecule has 0 saturated heterocycles. The van der Waals surface area contributed by atoms with E-state index in [2.05, 4.69) is 5.16 Å². The summed E-state index contributed by atoms with van der Waals surface area (Å²) in [6, 6.07) is 3.84. The third-order valence-electron chi connectivity index (χ3n) is 3.73. The highest BCUT2D eigenvalue weighted by Gasteiger charge is 2.35. The van der Waals surface area contributed by atoms with E-state index >= 15 is 0 Å². The molecule has 1 fully saturated rings. The van der Waals surface area contributed by atoms with Crippen molar-refractivity contribution in [3.63, 3.8) is 0 Å². The highest BCUT2D eigenvalue weighted by Crippen LogP contribution is 2.48. The topological polar surface area (TPSA) is 61.6 Å². The number of hydrogen-bond donors (Lipinski definition) is 0. The van der Waals surface area contributed by atoms with Crippen molar-refractivity contribution in [3.8, 4) is 22.8 Å². The predicted molar refractivity (Wildman–Crippen MR) is 76.9 cm³/mol. The molecule has 21 heavy (non-hydrogen) atoms. The van der Waals surface area contributed by atoms with Crippen LogP contribution in [0, 0.1) is 5.92 Å². The van der Waals surface area contributed by atoms with Gasteiger partial charge in [-0.1, -0.05) is 5.16 Å². The predicted octanol–water partition coefficient (Wildman–Crippen LogP) is 3.38. The highest BCUT2D eigenvalue weighted by molar-refractivity contribution is 7.98. The van der Waals surface area contributed by atoms with E-state index in [0.717, 1.165) is 23.3 Å². The van der Waals surface area contributed by atoms with E-state index in [1.54, 1.807) is 11.8 Å². The van der Waals surface area contributed by atoms with E-state index in [9.17, 15) is 4.79 Å². The molecule has 0 unspecified atom stereocenters. The second-order valence-corrected chi connectivity index (χ2v) is 5.94. The van der Waals surface area contributed by atoms with Gasteiger partial charge >= 0.3 is 0 Å². The van der Waals surface area contributed by atoms with Crippen LogP contribution < -0.4 is 9.47 Å². The maximum atomic E-state index is 12.3. The lowest BCUT2D eigenvalue weighted by Crippen LogP contribution is -2.01. The van der Waals surface area contributed by atoms with Gasteiger partial charge in [-0.2, -0.15) is 0 Å². The lowest BCUT2D eigenvalue weighted by molar-refractivity contribution is 0.0968. The number of hydrogen-bond acceptors (Lipinski definition) is 6. The number of carbonyl (C=O) groups excluding carboxylic acids is 1. The van der Waals surface area contributed by atoms with Crippen molar-refractivity contribution < 1.29 is 18.8 Å². The van der Waals surface area contributed by atoms with Crippen LogP contribution in [0.2, 0.25) is 0 Å². The molecule has 0 amide bonds. The number of benzene rings is 1. The second kappa shape index (κ2) is 4.80. The molecule has 1 aliphatic carbocycles. The van der Waals surface area contributed by atoms with E-state index in [-0.39, 0.29) is 18.5 Å². The van der Waals surface area contributed by atoms with Gasteiger partial charge in [-0.3, -0.25) is 4.79 Å². The van der Waals surface area contributed by atoms with Gasteiger partial charge in [-0.05, 0) is 31.2 Å². The summed E-state index contributed by atoms with van der Waals surface area (Å²) >= 11 is 1.59. The average Bonchev–Trinajstić information content (AvgIpc) is 3.04. The van der Waals surface area contributed by atoms with Crippen LogP contribution in [0.3, 0.4) is 0 Å². The maximum Gasteiger partial charge on any atom is 0.231 e. The fourth-order valence-corrected chi connectivity index (χ4v) is 3.03. The minimum atomic E-state index is 0.104. The van der Waals surface area contributed by atoms with Gasteiger partial charge in [0, 0.05) is 5.92 Å². The molecular weight excluding hydrogens is 290 g/mol.